The van der Waals surface area contributed by atoms with Crippen LogP contribution >= 0.6 is 11.6 Å². The molecule has 0 radical (unpaired) electrons. The van der Waals surface area contributed by atoms with E-state index in [0.29, 0.717) is 11.6 Å². The largest absolute Gasteiger partial charge is 0.394 e. The van der Waals surface area contributed by atoms with Crippen LogP contribution in [0.25, 0.3) is 0 Å². The van der Waals surface area contributed by atoms with Gasteiger partial charge in [0.1, 0.15) is 0 Å². The molecule has 0 aliphatic carbocycles. The Morgan fingerprint density at radius 2 is 2.24 bits per heavy atom. The number of halogens is 1. The molecule has 2 rings (SSSR count). The Hall–Kier alpha value is -0.650. The number of nitrogens with zero attached hydrogens (tertiary/aromatic N) is 1. The monoisotopic (exact) mass is 312 g/mol. The van der Waals surface area contributed by atoms with E-state index in [0.717, 1.165) is 12.1 Å². The summed E-state index contributed by atoms with van der Waals surface area (Å²) in [5.41, 5.74) is 7.03. The summed E-state index contributed by atoms with van der Waals surface area (Å²) in [7, 11) is 0. The fourth-order valence-corrected chi connectivity index (χ4v) is 3.38. The minimum Gasteiger partial charge on any atom is -0.394 e. The fraction of sp³-hybridized carbons (Fsp3) is 0.625. The van der Waals surface area contributed by atoms with Gasteiger partial charge >= 0.3 is 0 Å². The van der Waals surface area contributed by atoms with E-state index < -0.39 is 0 Å². The Bertz CT molecular complexity index is 479. The van der Waals surface area contributed by atoms with Crippen LogP contribution in [0.5, 0.6) is 0 Å². The van der Waals surface area contributed by atoms with E-state index in [-0.39, 0.29) is 30.4 Å². The van der Waals surface area contributed by atoms with Gasteiger partial charge in [-0.1, -0.05) is 23.7 Å². The second kappa shape index (κ2) is 6.63. The Morgan fingerprint density at radius 3 is 2.81 bits per heavy atom. The molecule has 1 aromatic carbocycles. The minimum absolute atomic E-state index is 0.0150. The molecule has 4 nitrogen and oxygen atoms in total. The molecule has 21 heavy (non-hydrogen) atoms. The number of hydrogen-bond acceptors (Lipinski definition) is 4. The number of rotatable bonds is 4. The molecule has 0 aromatic heterocycles. The van der Waals surface area contributed by atoms with Gasteiger partial charge in [0.25, 0.3) is 0 Å². The van der Waals surface area contributed by atoms with Crippen molar-refractivity contribution < 1.29 is 9.84 Å². The summed E-state index contributed by atoms with van der Waals surface area (Å²) in [5, 5.41) is 10.2. The molecule has 5 heteroatoms. The summed E-state index contributed by atoms with van der Waals surface area (Å²) in [6, 6.07) is 7.84. The van der Waals surface area contributed by atoms with Crippen LogP contribution in [0.2, 0.25) is 5.02 Å². The Kier molecular flexibility index (Phi) is 5.28. The zero-order chi connectivity index (χ0) is 15.6. The first-order chi connectivity index (χ1) is 9.82. The zero-order valence-corrected chi connectivity index (χ0v) is 13.7. The molecule has 0 saturated carbocycles. The van der Waals surface area contributed by atoms with Gasteiger partial charge in [-0.15, -0.1) is 0 Å². The van der Waals surface area contributed by atoms with E-state index in [1.165, 1.54) is 0 Å². The lowest BCUT2D eigenvalue weighted by Crippen LogP contribution is -2.56. The van der Waals surface area contributed by atoms with Gasteiger partial charge in [0.15, 0.2) is 0 Å². The normalized spacial score (nSPS) is 25.5. The standard InChI is InChI=1S/C16H25ClN2O2/c1-11(18)15(12-5-4-6-13(17)7-12)19-8-14(9-20)21-16(2,3)10-19/h4-7,11,14-15,20H,8-10,18H2,1-3H3. The second-order valence-electron chi connectivity index (χ2n) is 6.47. The number of aliphatic hydroxyl groups is 1. The molecular formula is C16H25ClN2O2. The van der Waals surface area contributed by atoms with Crippen LogP contribution in [-0.4, -0.2) is 47.4 Å². The highest BCUT2D eigenvalue weighted by molar-refractivity contribution is 6.30. The van der Waals surface area contributed by atoms with Gasteiger partial charge in [-0.2, -0.15) is 0 Å². The lowest BCUT2D eigenvalue weighted by molar-refractivity contribution is -0.158. The maximum atomic E-state index is 9.47. The number of aliphatic hydroxyl groups excluding tert-OH is 1. The van der Waals surface area contributed by atoms with Crippen molar-refractivity contribution in [2.75, 3.05) is 19.7 Å². The van der Waals surface area contributed by atoms with Crippen LogP contribution < -0.4 is 5.73 Å². The van der Waals surface area contributed by atoms with Gasteiger partial charge in [-0.25, -0.2) is 0 Å². The summed E-state index contributed by atoms with van der Waals surface area (Å²) >= 11 is 6.12. The third-order valence-corrected chi connectivity index (χ3v) is 4.03. The van der Waals surface area contributed by atoms with Crippen molar-refractivity contribution in [3.63, 3.8) is 0 Å². The van der Waals surface area contributed by atoms with Crippen LogP contribution in [0.1, 0.15) is 32.4 Å². The van der Waals surface area contributed by atoms with Gasteiger partial charge in [0.2, 0.25) is 0 Å². The molecule has 1 fully saturated rings. The fourth-order valence-electron chi connectivity index (χ4n) is 3.19. The summed E-state index contributed by atoms with van der Waals surface area (Å²) in [6.07, 6.45) is -0.186. The quantitative estimate of drug-likeness (QED) is 0.895. The van der Waals surface area contributed by atoms with Crippen molar-refractivity contribution in [1.29, 1.82) is 0 Å². The molecule has 1 aliphatic heterocycles. The summed E-state index contributed by atoms with van der Waals surface area (Å²) < 4.78 is 5.88. The molecule has 0 spiro atoms. The molecule has 1 aromatic rings. The molecule has 3 unspecified atom stereocenters. The molecule has 0 bridgehead atoms. The van der Waals surface area contributed by atoms with E-state index in [1.54, 1.807) is 0 Å². The smallest absolute Gasteiger partial charge is 0.0940 e. The number of ether oxygens (including phenoxy) is 1. The molecule has 3 N–H and O–H groups in total. The van der Waals surface area contributed by atoms with Crippen molar-refractivity contribution in [2.45, 2.75) is 44.6 Å². The predicted molar refractivity (Wildman–Crippen MR) is 85.5 cm³/mol. The highest BCUT2D eigenvalue weighted by atomic mass is 35.5. The molecular weight excluding hydrogens is 288 g/mol. The first-order valence-corrected chi connectivity index (χ1v) is 7.74. The van der Waals surface area contributed by atoms with E-state index in [4.69, 9.17) is 22.1 Å². The predicted octanol–water partition coefficient (Wildman–Crippen LogP) is 2.20. The second-order valence-corrected chi connectivity index (χ2v) is 6.91. The number of nitrogens with two attached hydrogens (primary N) is 1. The average molecular weight is 313 g/mol. The van der Waals surface area contributed by atoms with Crippen molar-refractivity contribution in [3.05, 3.63) is 34.9 Å². The highest BCUT2D eigenvalue weighted by Crippen LogP contribution is 2.31. The van der Waals surface area contributed by atoms with Crippen molar-refractivity contribution in [1.82, 2.24) is 4.90 Å². The lowest BCUT2D eigenvalue weighted by Gasteiger charge is -2.46. The van der Waals surface area contributed by atoms with E-state index >= 15 is 0 Å². The van der Waals surface area contributed by atoms with E-state index in [1.807, 2.05) is 39.0 Å². The van der Waals surface area contributed by atoms with Gasteiger partial charge in [0, 0.05) is 30.2 Å². The molecule has 1 heterocycles. The maximum absolute atomic E-state index is 9.47. The van der Waals surface area contributed by atoms with Crippen molar-refractivity contribution in [2.24, 2.45) is 5.73 Å². The number of benzene rings is 1. The van der Waals surface area contributed by atoms with E-state index in [2.05, 4.69) is 11.0 Å². The summed E-state index contributed by atoms with van der Waals surface area (Å²) in [4.78, 5) is 2.29. The molecule has 1 aliphatic rings. The average Bonchev–Trinajstić information content (AvgIpc) is 2.36. The molecule has 1 saturated heterocycles. The van der Waals surface area contributed by atoms with Crippen molar-refractivity contribution >= 4 is 11.6 Å². The molecule has 3 atom stereocenters. The van der Waals surface area contributed by atoms with Crippen LogP contribution in [0.4, 0.5) is 0 Å². The molecule has 0 amide bonds. The van der Waals surface area contributed by atoms with Crippen LogP contribution in [0.15, 0.2) is 24.3 Å². The van der Waals surface area contributed by atoms with Crippen LogP contribution in [-0.2, 0) is 4.74 Å². The zero-order valence-electron chi connectivity index (χ0n) is 12.9. The van der Waals surface area contributed by atoms with Crippen molar-refractivity contribution in [3.8, 4) is 0 Å². The van der Waals surface area contributed by atoms with Gasteiger partial charge < -0.3 is 15.6 Å². The Labute approximate surface area is 131 Å². The SMILES string of the molecule is CC(N)C(c1cccc(Cl)c1)N1CC(CO)OC(C)(C)C1. The lowest BCUT2D eigenvalue weighted by atomic mass is 9.95. The summed E-state index contributed by atoms with van der Waals surface area (Å²) in [5.74, 6) is 0. The van der Waals surface area contributed by atoms with Crippen LogP contribution in [0.3, 0.4) is 0 Å². The van der Waals surface area contributed by atoms with Gasteiger partial charge in [-0.05, 0) is 38.5 Å². The third kappa shape index (κ3) is 4.18. The Morgan fingerprint density at radius 1 is 1.52 bits per heavy atom. The van der Waals surface area contributed by atoms with Gasteiger partial charge in [0.05, 0.1) is 18.3 Å². The Balaban J connectivity index is 2.29. The minimum atomic E-state index is -0.308. The molecule has 118 valence electrons. The van der Waals surface area contributed by atoms with Crippen LogP contribution in [0, 0.1) is 0 Å². The third-order valence-electron chi connectivity index (χ3n) is 3.79. The van der Waals surface area contributed by atoms with E-state index in [9.17, 15) is 5.11 Å². The first-order valence-electron chi connectivity index (χ1n) is 7.36. The maximum Gasteiger partial charge on any atom is 0.0940 e. The first kappa shape index (κ1) is 16.7. The van der Waals surface area contributed by atoms with Gasteiger partial charge in [-0.3, -0.25) is 4.90 Å². The topological polar surface area (TPSA) is 58.7 Å². The highest BCUT2D eigenvalue weighted by Gasteiger charge is 2.37. The summed E-state index contributed by atoms with van der Waals surface area (Å²) in [6.45, 7) is 7.53. The number of morpholine rings is 1. The number of hydrogen-bond donors (Lipinski definition) is 2.